The van der Waals surface area contributed by atoms with Gasteiger partial charge in [-0.25, -0.2) is 0 Å². The van der Waals surface area contributed by atoms with Crippen LogP contribution >= 0.6 is 11.8 Å². The van der Waals surface area contributed by atoms with Crippen molar-refractivity contribution in [3.8, 4) is 17.1 Å². The molecule has 2 aromatic carbocycles. The highest BCUT2D eigenvalue weighted by Gasteiger charge is 2.14. The summed E-state index contributed by atoms with van der Waals surface area (Å²) < 4.78 is 10.9. The minimum absolute atomic E-state index is 0.0520. The topological polar surface area (TPSA) is 77.2 Å². The zero-order chi connectivity index (χ0) is 19.9. The van der Waals surface area contributed by atoms with Crippen molar-refractivity contribution in [3.05, 3.63) is 59.5 Å². The van der Waals surface area contributed by atoms with E-state index in [2.05, 4.69) is 15.5 Å². The predicted octanol–water partition coefficient (Wildman–Crippen LogP) is 4.62. The molecular weight excluding hydrogens is 374 g/mol. The van der Waals surface area contributed by atoms with Crippen LogP contribution in [0.3, 0.4) is 0 Å². The molecule has 0 atom stereocenters. The highest BCUT2D eigenvalue weighted by Crippen LogP contribution is 2.28. The summed E-state index contributed by atoms with van der Waals surface area (Å²) in [6.07, 6.45) is 0. The van der Waals surface area contributed by atoms with Crippen molar-refractivity contribution in [2.24, 2.45) is 0 Å². The van der Waals surface area contributed by atoms with E-state index in [9.17, 15) is 4.79 Å². The number of nitrogens with zero attached hydrogens (tertiary/aromatic N) is 2. The molecule has 0 unspecified atom stereocenters. The number of carbonyl (C=O) groups excluding carboxylic acids is 1. The average Bonchev–Trinajstić information content (AvgIpc) is 3.14. The van der Waals surface area contributed by atoms with E-state index in [1.54, 1.807) is 0 Å². The third kappa shape index (κ3) is 4.92. The average molecular weight is 398 g/mol. The summed E-state index contributed by atoms with van der Waals surface area (Å²) in [5, 5.41) is 7.01. The van der Waals surface area contributed by atoms with Gasteiger partial charge in [0.05, 0.1) is 23.7 Å². The van der Waals surface area contributed by atoms with Gasteiger partial charge in [0.25, 0.3) is 0 Å². The highest BCUT2D eigenvalue weighted by molar-refractivity contribution is 7.99. The lowest BCUT2D eigenvalue weighted by Gasteiger charge is -2.10. The van der Waals surface area contributed by atoms with E-state index < -0.39 is 0 Å². The number of aryl methyl sites for hydroxylation is 2. The number of hydrogen-bond donors (Lipinski definition) is 1. The van der Waals surface area contributed by atoms with Gasteiger partial charge in [0.2, 0.25) is 17.6 Å². The summed E-state index contributed by atoms with van der Waals surface area (Å²) in [5.74, 6) is 2.40. The molecule has 7 heteroatoms. The molecule has 0 aliphatic carbocycles. The lowest BCUT2D eigenvalue weighted by Crippen LogP contribution is -2.15. The van der Waals surface area contributed by atoms with Crippen molar-refractivity contribution in [2.45, 2.75) is 26.5 Å². The molecular formula is C21H23N3O3S. The molecule has 28 heavy (non-hydrogen) atoms. The molecule has 3 aromatic rings. The molecule has 1 N–H and O–H groups in total. The van der Waals surface area contributed by atoms with Crippen molar-refractivity contribution < 1.29 is 14.1 Å². The summed E-state index contributed by atoms with van der Waals surface area (Å²) in [4.78, 5) is 16.7. The maximum atomic E-state index is 12.2. The van der Waals surface area contributed by atoms with Gasteiger partial charge in [-0.05, 0) is 44.0 Å². The Labute approximate surface area is 168 Å². The van der Waals surface area contributed by atoms with E-state index in [0.29, 0.717) is 29.8 Å². The Bertz CT molecular complexity index is 935. The van der Waals surface area contributed by atoms with Crippen LogP contribution in [0.2, 0.25) is 0 Å². The number of aromatic nitrogens is 2. The van der Waals surface area contributed by atoms with Crippen molar-refractivity contribution in [1.82, 2.24) is 10.1 Å². The zero-order valence-corrected chi connectivity index (χ0v) is 17.0. The Hall–Kier alpha value is -2.80. The minimum Gasteiger partial charge on any atom is -0.493 e. The molecule has 0 bridgehead atoms. The number of ether oxygens (including phenoxy) is 1. The molecule has 6 nitrogen and oxygen atoms in total. The van der Waals surface area contributed by atoms with Gasteiger partial charge in [0.15, 0.2) is 0 Å². The van der Waals surface area contributed by atoms with Gasteiger partial charge in [-0.15, -0.1) is 11.8 Å². The van der Waals surface area contributed by atoms with Crippen LogP contribution in [0.5, 0.6) is 5.75 Å². The van der Waals surface area contributed by atoms with Gasteiger partial charge in [-0.3, -0.25) is 4.79 Å². The van der Waals surface area contributed by atoms with Crippen LogP contribution in [0.15, 0.2) is 47.0 Å². The summed E-state index contributed by atoms with van der Waals surface area (Å²) in [6, 6.07) is 13.5. The molecule has 0 radical (unpaired) electrons. The normalized spacial score (nSPS) is 10.7. The van der Waals surface area contributed by atoms with E-state index in [4.69, 9.17) is 9.26 Å². The van der Waals surface area contributed by atoms with Gasteiger partial charge in [0, 0.05) is 5.69 Å². The maximum Gasteiger partial charge on any atom is 0.236 e. The summed E-state index contributed by atoms with van der Waals surface area (Å²) in [5.41, 5.74) is 3.76. The summed E-state index contributed by atoms with van der Waals surface area (Å²) in [6.45, 7) is 6.46. The second-order valence-electron chi connectivity index (χ2n) is 6.25. The molecule has 0 saturated carbocycles. The fourth-order valence-electron chi connectivity index (χ4n) is 2.77. The fourth-order valence-corrected chi connectivity index (χ4v) is 3.43. The first-order valence-electron chi connectivity index (χ1n) is 9.07. The molecule has 1 heterocycles. The third-order valence-corrected chi connectivity index (χ3v) is 5.02. The lowest BCUT2D eigenvalue weighted by molar-refractivity contribution is -0.113. The Morgan fingerprint density at radius 3 is 2.64 bits per heavy atom. The monoisotopic (exact) mass is 397 g/mol. The van der Waals surface area contributed by atoms with Crippen molar-refractivity contribution in [1.29, 1.82) is 0 Å². The van der Waals surface area contributed by atoms with Crippen LogP contribution in [0.25, 0.3) is 11.4 Å². The minimum atomic E-state index is -0.0520. The number of carbonyl (C=O) groups is 1. The van der Waals surface area contributed by atoms with Crippen molar-refractivity contribution in [2.75, 3.05) is 17.7 Å². The maximum absolute atomic E-state index is 12.2. The molecule has 0 fully saturated rings. The first-order valence-corrected chi connectivity index (χ1v) is 10.2. The Balaban J connectivity index is 1.56. The number of nitrogens with one attached hydrogen (secondary N) is 1. The van der Waals surface area contributed by atoms with Crippen LogP contribution in [-0.2, 0) is 10.5 Å². The van der Waals surface area contributed by atoms with E-state index >= 15 is 0 Å². The second-order valence-corrected chi connectivity index (χ2v) is 7.23. The summed E-state index contributed by atoms with van der Waals surface area (Å²) >= 11 is 1.43. The third-order valence-electron chi connectivity index (χ3n) is 4.10. The van der Waals surface area contributed by atoms with Gasteiger partial charge in [-0.2, -0.15) is 4.98 Å². The smallest absolute Gasteiger partial charge is 0.236 e. The SMILES string of the molecule is CCOc1ccccc1-c1noc(CSCC(=O)Nc2c(C)cccc2C)n1. The van der Waals surface area contributed by atoms with E-state index in [0.717, 1.165) is 28.1 Å². The van der Waals surface area contributed by atoms with Crippen LogP contribution in [0.1, 0.15) is 23.9 Å². The van der Waals surface area contributed by atoms with Crippen LogP contribution in [0, 0.1) is 13.8 Å². The largest absolute Gasteiger partial charge is 0.493 e. The van der Waals surface area contributed by atoms with Crippen LogP contribution < -0.4 is 10.1 Å². The van der Waals surface area contributed by atoms with Crippen LogP contribution in [0.4, 0.5) is 5.69 Å². The number of para-hydroxylation sites is 2. The number of amides is 1. The Morgan fingerprint density at radius 1 is 1.14 bits per heavy atom. The lowest BCUT2D eigenvalue weighted by atomic mass is 10.1. The number of anilines is 1. The van der Waals surface area contributed by atoms with E-state index in [-0.39, 0.29) is 5.91 Å². The van der Waals surface area contributed by atoms with E-state index in [1.165, 1.54) is 11.8 Å². The second kappa shape index (κ2) is 9.41. The van der Waals surface area contributed by atoms with Gasteiger partial charge in [0.1, 0.15) is 5.75 Å². The Kier molecular flexibility index (Phi) is 6.71. The highest BCUT2D eigenvalue weighted by atomic mass is 32.2. The zero-order valence-electron chi connectivity index (χ0n) is 16.2. The molecule has 1 aromatic heterocycles. The first-order chi connectivity index (χ1) is 13.6. The van der Waals surface area contributed by atoms with Crippen molar-refractivity contribution >= 4 is 23.4 Å². The quantitative estimate of drug-likeness (QED) is 0.597. The molecule has 3 rings (SSSR count). The van der Waals surface area contributed by atoms with Gasteiger partial charge >= 0.3 is 0 Å². The van der Waals surface area contributed by atoms with Gasteiger partial charge < -0.3 is 14.6 Å². The molecule has 0 saturated heterocycles. The molecule has 0 aliphatic heterocycles. The van der Waals surface area contributed by atoms with E-state index in [1.807, 2.05) is 63.2 Å². The first kappa shape index (κ1) is 19.9. The molecule has 0 aliphatic rings. The van der Waals surface area contributed by atoms with Gasteiger partial charge in [-0.1, -0.05) is 35.5 Å². The number of hydrogen-bond acceptors (Lipinski definition) is 6. The molecule has 0 spiro atoms. The Morgan fingerprint density at radius 2 is 1.89 bits per heavy atom. The number of thioether (sulfide) groups is 1. The molecule has 146 valence electrons. The number of rotatable bonds is 8. The standard InChI is InChI=1S/C21H23N3O3S/c1-4-26-17-11-6-5-10-16(17)21-23-19(27-24-21)13-28-12-18(25)22-20-14(2)8-7-9-15(20)3/h5-11H,4,12-13H2,1-3H3,(H,22,25). The van der Waals surface area contributed by atoms with Crippen molar-refractivity contribution in [3.63, 3.8) is 0 Å². The summed E-state index contributed by atoms with van der Waals surface area (Å²) in [7, 11) is 0. The van der Waals surface area contributed by atoms with Crippen LogP contribution in [-0.4, -0.2) is 28.4 Å². The number of benzene rings is 2. The predicted molar refractivity (Wildman–Crippen MR) is 112 cm³/mol. The fraction of sp³-hybridized carbons (Fsp3) is 0.286. The molecule has 1 amide bonds.